The normalized spacial score (nSPS) is 12.2. The summed E-state index contributed by atoms with van der Waals surface area (Å²) in [6, 6.07) is 3.62. The molecule has 2 aromatic heterocycles. The summed E-state index contributed by atoms with van der Waals surface area (Å²) >= 11 is 0. The Labute approximate surface area is 119 Å². The maximum absolute atomic E-state index is 12.1. The first-order valence-corrected chi connectivity index (χ1v) is 6.70. The summed E-state index contributed by atoms with van der Waals surface area (Å²) in [7, 11) is 0. The van der Waals surface area contributed by atoms with E-state index in [9.17, 15) is 4.79 Å². The van der Waals surface area contributed by atoms with E-state index in [4.69, 9.17) is 0 Å². The molecule has 2 heterocycles. The standard InChI is InChI=1S/C15H20N4O/c1-10(9-19-13(4)11(2)12(3)18-19)15(20)17-14-6-5-7-16-8-14/h5-8,10H,9H2,1-4H3,(H,17,20)/t10-/m0/s1. The lowest BCUT2D eigenvalue weighted by molar-refractivity contribution is -0.119. The number of amides is 1. The molecule has 1 amide bonds. The summed E-state index contributed by atoms with van der Waals surface area (Å²) in [4.78, 5) is 16.1. The van der Waals surface area contributed by atoms with E-state index in [2.05, 4.69) is 22.3 Å². The lowest BCUT2D eigenvalue weighted by atomic mass is 10.1. The minimum Gasteiger partial charge on any atom is -0.324 e. The molecular formula is C15H20N4O. The molecule has 20 heavy (non-hydrogen) atoms. The molecule has 0 saturated heterocycles. The number of rotatable bonds is 4. The Morgan fingerprint density at radius 2 is 2.15 bits per heavy atom. The molecule has 0 unspecified atom stereocenters. The van der Waals surface area contributed by atoms with Gasteiger partial charge in [0.25, 0.3) is 0 Å². The second-order valence-corrected chi connectivity index (χ2v) is 5.11. The maximum atomic E-state index is 12.1. The van der Waals surface area contributed by atoms with Crippen LogP contribution in [0, 0.1) is 26.7 Å². The van der Waals surface area contributed by atoms with Gasteiger partial charge in [-0.15, -0.1) is 0 Å². The van der Waals surface area contributed by atoms with E-state index in [-0.39, 0.29) is 11.8 Å². The Kier molecular flexibility index (Phi) is 4.17. The smallest absolute Gasteiger partial charge is 0.229 e. The summed E-state index contributed by atoms with van der Waals surface area (Å²) in [6.07, 6.45) is 3.32. The van der Waals surface area contributed by atoms with E-state index < -0.39 is 0 Å². The number of anilines is 1. The topological polar surface area (TPSA) is 59.8 Å². The average molecular weight is 272 g/mol. The van der Waals surface area contributed by atoms with E-state index in [0.717, 1.165) is 11.4 Å². The van der Waals surface area contributed by atoms with E-state index in [1.54, 1.807) is 18.5 Å². The molecule has 5 nitrogen and oxygen atoms in total. The average Bonchev–Trinajstić information content (AvgIpc) is 2.67. The summed E-state index contributed by atoms with van der Waals surface area (Å²) in [6.45, 7) is 8.54. The molecule has 0 aromatic carbocycles. The van der Waals surface area contributed by atoms with Crippen molar-refractivity contribution in [3.8, 4) is 0 Å². The first-order valence-electron chi connectivity index (χ1n) is 6.70. The van der Waals surface area contributed by atoms with Crippen molar-refractivity contribution >= 4 is 11.6 Å². The van der Waals surface area contributed by atoms with Gasteiger partial charge in [0.15, 0.2) is 0 Å². The van der Waals surface area contributed by atoms with E-state index in [0.29, 0.717) is 12.2 Å². The first kappa shape index (κ1) is 14.2. The molecule has 1 atom stereocenters. The molecule has 0 radical (unpaired) electrons. The molecule has 2 rings (SSSR count). The van der Waals surface area contributed by atoms with Crippen LogP contribution in [0.5, 0.6) is 0 Å². The van der Waals surface area contributed by atoms with Crippen molar-refractivity contribution in [1.82, 2.24) is 14.8 Å². The van der Waals surface area contributed by atoms with E-state index in [1.807, 2.05) is 31.5 Å². The molecule has 106 valence electrons. The zero-order valence-electron chi connectivity index (χ0n) is 12.3. The highest BCUT2D eigenvalue weighted by atomic mass is 16.1. The largest absolute Gasteiger partial charge is 0.324 e. The van der Waals surface area contributed by atoms with E-state index >= 15 is 0 Å². The zero-order valence-corrected chi connectivity index (χ0v) is 12.3. The highest BCUT2D eigenvalue weighted by Crippen LogP contribution is 2.14. The van der Waals surface area contributed by atoms with E-state index in [1.165, 1.54) is 5.56 Å². The van der Waals surface area contributed by atoms with Crippen LogP contribution < -0.4 is 5.32 Å². The number of aromatic nitrogens is 3. The second kappa shape index (κ2) is 5.86. The molecule has 1 N–H and O–H groups in total. The van der Waals surface area contributed by atoms with Crippen LogP contribution in [0.2, 0.25) is 0 Å². The summed E-state index contributed by atoms with van der Waals surface area (Å²) in [5.74, 6) is -0.184. The molecule has 0 aliphatic heterocycles. The Morgan fingerprint density at radius 1 is 1.40 bits per heavy atom. The van der Waals surface area contributed by atoms with Crippen LogP contribution in [0.1, 0.15) is 23.9 Å². The van der Waals surface area contributed by atoms with Gasteiger partial charge in [0.05, 0.1) is 30.0 Å². The number of nitrogens with one attached hydrogen (secondary N) is 1. The van der Waals surface area contributed by atoms with Gasteiger partial charge in [0, 0.05) is 11.9 Å². The number of carbonyl (C=O) groups is 1. The summed E-state index contributed by atoms with van der Waals surface area (Å²) in [5, 5.41) is 7.32. The highest BCUT2D eigenvalue weighted by molar-refractivity contribution is 5.92. The first-order chi connectivity index (χ1) is 9.49. The number of hydrogen-bond acceptors (Lipinski definition) is 3. The van der Waals surface area contributed by atoms with Gasteiger partial charge < -0.3 is 5.32 Å². The van der Waals surface area contributed by atoms with Crippen LogP contribution in [0.3, 0.4) is 0 Å². The van der Waals surface area contributed by atoms with Crippen molar-refractivity contribution in [2.24, 2.45) is 5.92 Å². The molecule has 0 saturated carbocycles. The Bertz CT molecular complexity index is 604. The van der Waals surface area contributed by atoms with Crippen molar-refractivity contribution in [1.29, 1.82) is 0 Å². The predicted octanol–water partition coefficient (Wildman–Crippen LogP) is 2.48. The van der Waals surface area contributed by atoms with Crippen molar-refractivity contribution < 1.29 is 4.79 Å². The lowest BCUT2D eigenvalue weighted by Gasteiger charge is -2.13. The lowest BCUT2D eigenvalue weighted by Crippen LogP contribution is -2.25. The SMILES string of the molecule is Cc1nn(C[C@H](C)C(=O)Nc2cccnc2)c(C)c1C. The monoisotopic (exact) mass is 272 g/mol. The molecule has 5 heteroatoms. The van der Waals surface area contributed by atoms with Crippen molar-refractivity contribution in [2.75, 3.05) is 5.32 Å². The van der Waals surface area contributed by atoms with Crippen molar-refractivity contribution in [3.05, 3.63) is 41.5 Å². The van der Waals surface area contributed by atoms with Gasteiger partial charge in [-0.3, -0.25) is 14.5 Å². The molecule has 2 aromatic rings. The maximum Gasteiger partial charge on any atom is 0.229 e. The fraction of sp³-hybridized carbons (Fsp3) is 0.400. The number of nitrogens with zero attached hydrogens (tertiary/aromatic N) is 3. The molecular weight excluding hydrogens is 252 g/mol. The third-order valence-electron chi connectivity index (χ3n) is 3.57. The Balaban J connectivity index is 2.02. The van der Waals surface area contributed by atoms with Gasteiger partial charge in [0.2, 0.25) is 5.91 Å². The van der Waals surface area contributed by atoms with Crippen LogP contribution in [-0.2, 0) is 11.3 Å². The highest BCUT2D eigenvalue weighted by Gasteiger charge is 2.16. The van der Waals surface area contributed by atoms with Gasteiger partial charge in [-0.2, -0.15) is 5.10 Å². The molecule has 0 fully saturated rings. The van der Waals surface area contributed by atoms with Crippen molar-refractivity contribution in [2.45, 2.75) is 34.2 Å². The fourth-order valence-electron chi connectivity index (χ4n) is 2.01. The van der Waals surface area contributed by atoms with Gasteiger partial charge in [-0.25, -0.2) is 0 Å². The zero-order chi connectivity index (χ0) is 14.7. The number of pyridine rings is 1. The molecule has 0 spiro atoms. The molecule has 0 aliphatic carbocycles. The number of hydrogen-bond donors (Lipinski definition) is 1. The van der Waals surface area contributed by atoms with Crippen LogP contribution in [0.4, 0.5) is 5.69 Å². The fourth-order valence-corrected chi connectivity index (χ4v) is 2.01. The van der Waals surface area contributed by atoms with Gasteiger partial charge in [0.1, 0.15) is 0 Å². The minimum atomic E-state index is -0.160. The summed E-state index contributed by atoms with van der Waals surface area (Å²) < 4.78 is 1.90. The van der Waals surface area contributed by atoms with Gasteiger partial charge >= 0.3 is 0 Å². The van der Waals surface area contributed by atoms with Crippen LogP contribution >= 0.6 is 0 Å². The third-order valence-corrected chi connectivity index (χ3v) is 3.57. The Morgan fingerprint density at radius 3 is 2.70 bits per heavy atom. The van der Waals surface area contributed by atoms with Gasteiger partial charge in [-0.05, 0) is 38.5 Å². The summed E-state index contributed by atoms with van der Waals surface area (Å²) in [5.41, 5.74) is 4.03. The molecule has 0 bridgehead atoms. The molecule has 0 aliphatic rings. The van der Waals surface area contributed by atoms with Crippen LogP contribution in [0.25, 0.3) is 0 Å². The van der Waals surface area contributed by atoms with Gasteiger partial charge in [-0.1, -0.05) is 6.92 Å². The quantitative estimate of drug-likeness (QED) is 0.930. The Hall–Kier alpha value is -2.17. The second-order valence-electron chi connectivity index (χ2n) is 5.11. The van der Waals surface area contributed by atoms with Crippen molar-refractivity contribution in [3.63, 3.8) is 0 Å². The minimum absolute atomic E-state index is 0.0248. The van der Waals surface area contributed by atoms with Crippen LogP contribution in [0.15, 0.2) is 24.5 Å². The predicted molar refractivity (Wildman–Crippen MR) is 78.5 cm³/mol. The number of aryl methyl sites for hydroxylation is 1. The van der Waals surface area contributed by atoms with Crippen LogP contribution in [-0.4, -0.2) is 20.7 Å². The number of carbonyl (C=O) groups excluding carboxylic acids is 1. The third kappa shape index (κ3) is 3.04.